The van der Waals surface area contributed by atoms with Gasteiger partial charge in [-0.15, -0.1) is 0 Å². The monoisotopic (exact) mass is 458 g/mol. The zero-order valence-corrected chi connectivity index (χ0v) is 16.1. The van der Waals surface area contributed by atoms with E-state index in [2.05, 4.69) is 10.1 Å². The third-order valence-electron chi connectivity index (χ3n) is 4.62. The number of aryl methyl sites for hydroxylation is 1. The summed E-state index contributed by atoms with van der Waals surface area (Å²) in [5.41, 5.74) is -8.15. The average molecular weight is 458 g/mol. The lowest BCUT2D eigenvalue weighted by Crippen LogP contribution is -2.50. The molecule has 1 aromatic carbocycles. The van der Waals surface area contributed by atoms with Crippen LogP contribution in [0.5, 0.6) is 0 Å². The average Bonchev–Trinajstić information content (AvgIpc) is 2.96. The standard InChI is InChI=1S/C18H17F7N2O4/c1-9-7-10(16(19,17(20,21)22)18(23,24)25)3-4-12(9)26-13-11(15(30)31-2)8-27(5-6-28)14(13)29/h3-4,7,26,28H,5-6,8H2,1-2H3. The highest BCUT2D eigenvalue weighted by Crippen LogP contribution is 2.53. The molecule has 0 fully saturated rings. The second-order valence-corrected chi connectivity index (χ2v) is 6.60. The first-order chi connectivity index (χ1) is 14.2. The molecule has 0 spiro atoms. The molecular formula is C18H17F7N2O4. The van der Waals surface area contributed by atoms with Crippen LogP contribution in [0.2, 0.25) is 0 Å². The number of hydrogen-bond donors (Lipinski definition) is 2. The molecule has 1 aliphatic heterocycles. The SMILES string of the molecule is COC(=O)C1=C(Nc2ccc(C(F)(C(F)(F)F)C(F)(F)F)cc2C)C(=O)N(CCO)C1. The van der Waals surface area contributed by atoms with Crippen LogP contribution < -0.4 is 5.32 Å². The highest BCUT2D eigenvalue weighted by molar-refractivity contribution is 6.08. The Labute approximate surface area is 171 Å². The summed E-state index contributed by atoms with van der Waals surface area (Å²) < 4.78 is 96.5. The highest BCUT2D eigenvalue weighted by Gasteiger charge is 2.73. The van der Waals surface area contributed by atoms with E-state index >= 15 is 0 Å². The van der Waals surface area contributed by atoms with Crippen molar-refractivity contribution < 1.29 is 50.2 Å². The Kier molecular flexibility index (Phi) is 6.59. The van der Waals surface area contributed by atoms with Crippen molar-refractivity contribution in [3.8, 4) is 0 Å². The predicted molar refractivity (Wildman–Crippen MR) is 92.4 cm³/mol. The largest absolute Gasteiger partial charge is 0.466 e. The Morgan fingerprint density at radius 2 is 1.74 bits per heavy atom. The van der Waals surface area contributed by atoms with Crippen LogP contribution in [0.25, 0.3) is 0 Å². The van der Waals surface area contributed by atoms with E-state index in [-0.39, 0.29) is 35.6 Å². The maximum Gasteiger partial charge on any atom is 0.435 e. The molecule has 13 heteroatoms. The van der Waals surface area contributed by atoms with Crippen LogP contribution in [0.1, 0.15) is 11.1 Å². The third kappa shape index (κ3) is 4.31. The molecule has 2 N–H and O–H groups in total. The molecule has 1 amide bonds. The van der Waals surface area contributed by atoms with Crippen LogP contribution in [0.15, 0.2) is 29.5 Å². The van der Waals surface area contributed by atoms with E-state index in [0.717, 1.165) is 25.0 Å². The van der Waals surface area contributed by atoms with Crippen LogP contribution in [-0.4, -0.2) is 61.0 Å². The maximum atomic E-state index is 14.2. The first-order valence-corrected chi connectivity index (χ1v) is 8.61. The van der Waals surface area contributed by atoms with Crippen molar-refractivity contribution >= 4 is 17.6 Å². The van der Waals surface area contributed by atoms with Gasteiger partial charge in [0.25, 0.3) is 5.91 Å². The van der Waals surface area contributed by atoms with Crippen LogP contribution in [0.3, 0.4) is 0 Å². The van der Waals surface area contributed by atoms with Gasteiger partial charge in [-0.25, -0.2) is 9.18 Å². The van der Waals surface area contributed by atoms with Gasteiger partial charge in [0.2, 0.25) is 0 Å². The lowest BCUT2D eigenvalue weighted by Gasteiger charge is -2.30. The number of hydrogen-bond acceptors (Lipinski definition) is 5. The molecule has 0 unspecified atom stereocenters. The normalized spacial score (nSPS) is 15.5. The Balaban J connectivity index is 2.48. The highest BCUT2D eigenvalue weighted by atomic mass is 19.4. The summed E-state index contributed by atoms with van der Waals surface area (Å²) in [6, 6.07) is 1.38. The quantitative estimate of drug-likeness (QED) is 0.507. The Morgan fingerprint density at radius 3 is 2.19 bits per heavy atom. The second kappa shape index (κ2) is 8.36. The minimum atomic E-state index is -6.26. The molecule has 1 heterocycles. The number of anilines is 1. The first kappa shape index (κ1) is 24.4. The topological polar surface area (TPSA) is 78.9 Å². The van der Waals surface area contributed by atoms with Gasteiger partial charge in [0.05, 0.1) is 25.8 Å². The minimum absolute atomic E-state index is 0.133. The summed E-state index contributed by atoms with van der Waals surface area (Å²) in [6.45, 7) is 0.308. The van der Waals surface area contributed by atoms with E-state index in [4.69, 9.17) is 5.11 Å². The zero-order chi connectivity index (χ0) is 23.8. The van der Waals surface area contributed by atoms with Gasteiger partial charge in [0, 0.05) is 17.8 Å². The summed E-state index contributed by atoms with van der Waals surface area (Å²) in [4.78, 5) is 25.5. The number of halogens is 7. The molecule has 0 aromatic heterocycles. The van der Waals surface area contributed by atoms with Gasteiger partial charge in [0.1, 0.15) is 5.70 Å². The fourth-order valence-corrected chi connectivity index (χ4v) is 2.99. The second-order valence-electron chi connectivity index (χ2n) is 6.60. The molecular weight excluding hydrogens is 441 g/mol. The number of nitrogens with one attached hydrogen (secondary N) is 1. The van der Waals surface area contributed by atoms with E-state index in [1.165, 1.54) is 0 Å². The molecule has 0 radical (unpaired) electrons. The molecule has 1 aromatic rings. The molecule has 0 atom stereocenters. The van der Waals surface area contributed by atoms with Crippen molar-refractivity contribution in [2.75, 3.05) is 32.1 Å². The van der Waals surface area contributed by atoms with Crippen molar-refractivity contribution in [1.29, 1.82) is 0 Å². The van der Waals surface area contributed by atoms with Gasteiger partial charge >= 0.3 is 24.0 Å². The zero-order valence-electron chi connectivity index (χ0n) is 16.1. The molecule has 2 rings (SSSR count). The summed E-state index contributed by atoms with van der Waals surface area (Å²) in [7, 11) is 1.04. The van der Waals surface area contributed by atoms with Crippen LogP contribution in [0, 0.1) is 6.92 Å². The Hall–Kier alpha value is -2.83. The van der Waals surface area contributed by atoms with Crippen LogP contribution in [-0.2, 0) is 20.0 Å². The predicted octanol–water partition coefficient (Wildman–Crippen LogP) is 2.96. The van der Waals surface area contributed by atoms with Crippen molar-refractivity contribution in [2.45, 2.75) is 24.9 Å². The van der Waals surface area contributed by atoms with Gasteiger partial charge in [-0.3, -0.25) is 4.79 Å². The molecule has 1 aliphatic rings. The minimum Gasteiger partial charge on any atom is -0.466 e. The maximum absolute atomic E-state index is 14.2. The van der Waals surface area contributed by atoms with E-state index < -0.39 is 42.1 Å². The lowest BCUT2D eigenvalue weighted by atomic mass is 9.92. The number of rotatable bonds is 6. The number of nitrogens with zero attached hydrogens (tertiary/aromatic N) is 1. The van der Waals surface area contributed by atoms with E-state index in [9.17, 15) is 40.3 Å². The van der Waals surface area contributed by atoms with E-state index in [1.807, 2.05) is 0 Å². The fourth-order valence-electron chi connectivity index (χ4n) is 2.99. The fraction of sp³-hybridized carbons (Fsp3) is 0.444. The molecule has 0 saturated heterocycles. The molecule has 6 nitrogen and oxygen atoms in total. The van der Waals surface area contributed by atoms with Gasteiger partial charge in [-0.2, -0.15) is 26.3 Å². The van der Waals surface area contributed by atoms with Crippen molar-refractivity contribution in [3.05, 3.63) is 40.6 Å². The molecule has 172 valence electrons. The summed E-state index contributed by atoms with van der Waals surface area (Å²) >= 11 is 0. The van der Waals surface area contributed by atoms with Crippen molar-refractivity contribution in [2.24, 2.45) is 0 Å². The number of ether oxygens (including phenoxy) is 1. The van der Waals surface area contributed by atoms with Gasteiger partial charge in [-0.05, 0) is 18.6 Å². The smallest absolute Gasteiger partial charge is 0.435 e. The van der Waals surface area contributed by atoms with Crippen molar-refractivity contribution in [3.63, 3.8) is 0 Å². The molecule has 0 bridgehead atoms. The third-order valence-corrected chi connectivity index (χ3v) is 4.62. The Bertz CT molecular complexity index is 895. The van der Waals surface area contributed by atoms with Crippen molar-refractivity contribution in [1.82, 2.24) is 4.90 Å². The summed E-state index contributed by atoms with van der Waals surface area (Å²) in [5.74, 6) is -1.65. The van der Waals surface area contributed by atoms with E-state index in [1.54, 1.807) is 0 Å². The molecule has 31 heavy (non-hydrogen) atoms. The number of amides is 1. The van der Waals surface area contributed by atoms with Gasteiger partial charge < -0.3 is 20.1 Å². The number of esters is 1. The summed E-state index contributed by atoms with van der Waals surface area (Å²) in [6.07, 6.45) is -12.5. The number of carbonyl (C=O) groups excluding carboxylic acids is 2. The number of benzene rings is 1. The number of aliphatic hydroxyl groups excluding tert-OH is 1. The number of methoxy groups -OCH3 is 1. The molecule has 0 aliphatic carbocycles. The lowest BCUT2D eigenvalue weighted by molar-refractivity contribution is -0.348. The number of β-amino-alcohol motifs (C(OH)–C–C–N with tert-alkyl or cyclic N) is 1. The van der Waals surface area contributed by atoms with Gasteiger partial charge in [0.15, 0.2) is 0 Å². The number of carbonyl (C=O) groups is 2. The molecule has 0 saturated carbocycles. The Morgan fingerprint density at radius 1 is 1.16 bits per heavy atom. The number of aliphatic hydroxyl groups is 1. The first-order valence-electron chi connectivity index (χ1n) is 8.61. The van der Waals surface area contributed by atoms with Crippen LogP contribution in [0.4, 0.5) is 36.4 Å². The summed E-state index contributed by atoms with van der Waals surface area (Å²) in [5, 5.41) is 11.5. The van der Waals surface area contributed by atoms with E-state index in [0.29, 0.717) is 12.1 Å². The van der Waals surface area contributed by atoms with Crippen LogP contribution >= 0.6 is 0 Å². The number of alkyl halides is 7. The van der Waals surface area contributed by atoms with Gasteiger partial charge in [-0.1, -0.05) is 12.1 Å².